The lowest BCUT2D eigenvalue weighted by atomic mass is 10.00. The second kappa shape index (κ2) is 7.23. The van der Waals surface area contributed by atoms with Crippen molar-refractivity contribution in [2.24, 2.45) is 4.99 Å². The van der Waals surface area contributed by atoms with Crippen molar-refractivity contribution in [1.29, 1.82) is 0 Å². The number of fused-ring (bicyclic) bond motifs is 1. The Kier molecular flexibility index (Phi) is 4.62. The standard InChI is InChI=1S/C21H22N4O2/c1-14-6-8-17(9-7-14)22-20(27)18-12-19(26)24-21(23-18)25-11-10-15-4-2-3-5-16(15)13-25/h2-9,18H,10-13H2,1H3,(H,22,27)(H,23,24,26)/t18-/m1/s1. The summed E-state index contributed by atoms with van der Waals surface area (Å²) in [4.78, 5) is 31.4. The fraction of sp³-hybridized carbons (Fsp3) is 0.286. The van der Waals surface area contributed by atoms with Crippen molar-refractivity contribution in [1.82, 2.24) is 10.2 Å². The van der Waals surface area contributed by atoms with Crippen LogP contribution in [-0.4, -0.2) is 35.3 Å². The molecule has 0 aromatic heterocycles. The summed E-state index contributed by atoms with van der Waals surface area (Å²) < 4.78 is 0. The number of nitrogens with one attached hydrogen (secondary N) is 2. The molecule has 2 aromatic carbocycles. The van der Waals surface area contributed by atoms with Gasteiger partial charge in [0, 0.05) is 18.8 Å². The Balaban J connectivity index is 1.50. The molecule has 2 aromatic rings. The number of amides is 2. The third-order valence-corrected chi connectivity index (χ3v) is 4.96. The van der Waals surface area contributed by atoms with Crippen LogP contribution >= 0.6 is 0 Å². The van der Waals surface area contributed by atoms with Crippen LogP contribution in [0.3, 0.4) is 0 Å². The average Bonchev–Trinajstić information content (AvgIpc) is 2.69. The minimum Gasteiger partial charge on any atom is -0.338 e. The molecule has 0 fully saturated rings. The number of hydrogen-bond acceptors (Lipinski definition) is 4. The van der Waals surface area contributed by atoms with Gasteiger partial charge in [-0.3, -0.25) is 14.9 Å². The summed E-state index contributed by atoms with van der Waals surface area (Å²) in [7, 11) is 0. The number of hydrogen-bond donors (Lipinski definition) is 2. The van der Waals surface area contributed by atoms with Crippen molar-refractivity contribution >= 4 is 23.5 Å². The van der Waals surface area contributed by atoms with Gasteiger partial charge < -0.3 is 10.2 Å². The summed E-state index contributed by atoms with van der Waals surface area (Å²) in [6.07, 6.45) is 0.955. The van der Waals surface area contributed by atoms with Crippen LogP contribution in [0.4, 0.5) is 5.69 Å². The van der Waals surface area contributed by atoms with Gasteiger partial charge in [-0.1, -0.05) is 42.0 Å². The van der Waals surface area contributed by atoms with E-state index in [9.17, 15) is 9.59 Å². The van der Waals surface area contributed by atoms with Gasteiger partial charge in [-0.2, -0.15) is 0 Å². The lowest BCUT2D eigenvalue weighted by molar-refractivity contribution is -0.125. The van der Waals surface area contributed by atoms with Gasteiger partial charge >= 0.3 is 0 Å². The molecule has 0 bridgehead atoms. The first-order chi connectivity index (χ1) is 13.1. The lowest BCUT2D eigenvalue weighted by Crippen LogP contribution is -2.51. The Morgan fingerprint density at radius 2 is 1.89 bits per heavy atom. The van der Waals surface area contributed by atoms with E-state index in [0.717, 1.165) is 18.5 Å². The number of nitrogens with zero attached hydrogens (tertiary/aromatic N) is 2. The first-order valence-electron chi connectivity index (χ1n) is 9.15. The first-order valence-corrected chi connectivity index (χ1v) is 9.15. The molecular formula is C21H22N4O2. The zero-order valence-corrected chi connectivity index (χ0v) is 15.2. The predicted octanol–water partition coefficient (Wildman–Crippen LogP) is 2.24. The van der Waals surface area contributed by atoms with Crippen LogP contribution in [0.5, 0.6) is 0 Å². The molecule has 2 heterocycles. The van der Waals surface area contributed by atoms with Gasteiger partial charge in [-0.05, 0) is 36.6 Å². The molecule has 0 saturated heterocycles. The second-order valence-corrected chi connectivity index (χ2v) is 7.02. The maximum atomic E-state index is 12.6. The van der Waals surface area contributed by atoms with Gasteiger partial charge in [0.05, 0.1) is 6.42 Å². The van der Waals surface area contributed by atoms with Gasteiger partial charge in [0.25, 0.3) is 0 Å². The third kappa shape index (κ3) is 3.84. The Labute approximate surface area is 158 Å². The molecule has 2 aliphatic rings. The van der Waals surface area contributed by atoms with E-state index in [2.05, 4.69) is 27.8 Å². The van der Waals surface area contributed by atoms with Gasteiger partial charge in [0.1, 0.15) is 6.04 Å². The Morgan fingerprint density at radius 1 is 1.15 bits per heavy atom. The minimum atomic E-state index is -0.716. The van der Waals surface area contributed by atoms with E-state index in [0.29, 0.717) is 18.2 Å². The molecule has 4 rings (SSSR count). The average molecular weight is 362 g/mol. The van der Waals surface area contributed by atoms with Crippen LogP contribution < -0.4 is 10.6 Å². The van der Waals surface area contributed by atoms with Crippen molar-refractivity contribution in [3.05, 3.63) is 65.2 Å². The molecule has 0 saturated carbocycles. The minimum absolute atomic E-state index is 0.0611. The number of carbonyl (C=O) groups is 2. The topological polar surface area (TPSA) is 73.8 Å². The summed E-state index contributed by atoms with van der Waals surface area (Å²) in [5.41, 5.74) is 4.38. The summed E-state index contributed by atoms with van der Waals surface area (Å²) in [6.45, 7) is 3.44. The highest BCUT2D eigenvalue weighted by molar-refractivity contribution is 6.06. The molecule has 27 heavy (non-hydrogen) atoms. The maximum absolute atomic E-state index is 12.6. The molecule has 0 unspecified atom stereocenters. The normalized spacial score (nSPS) is 19.0. The van der Waals surface area contributed by atoms with E-state index in [4.69, 9.17) is 0 Å². The van der Waals surface area contributed by atoms with Crippen LogP contribution in [0.25, 0.3) is 0 Å². The smallest absolute Gasteiger partial charge is 0.249 e. The number of guanidine groups is 1. The number of rotatable bonds is 2. The van der Waals surface area contributed by atoms with Crippen molar-refractivity contribution in [3.63, 3.8) is 0 Å². The highest BCUT2D eigenvalue weighted by Crippen LogP contribution is 2.20. The number of aryl methyl sites for hydroxylation is 1. The van der Waals surface area contributed by atoms with E-state index < -0.39 is 6.04 Å². The van der Waals surface area contributed by atoms with Crippen LogP contribution in [0.1, 0.15) is 23.1 Å². The molecule has 138 valence electrons. The molecule has 2 aliphatic heterocycles. The molecule has 0 aliphatic carbocycles. The number of carbonyl (C=O) groups excluding carboxylic acids is 2. The molecule has 6 nitrogen and oxygen atoms in total. The fourth-order valence-electron chi connectivity index (χ4n) is 3.43. The molecular weight excluding hydrogens is 340 g/mol. The fourth-order valence-corrected chi connectivity index (χ4v) is 3.43. The Hall–Kier alpha value is -3.15. The van der Waals surface area contributed by atoms with Crippen LogP contribution in [0, 0.1) is 6.92 Å². The summed E-state index contributed by atoms with van der Waals surface area (Å²) >= 11 is 0. The zero-order valence-electron chi connectivity index (χ0n) is 15.2. The third-order valence-electron chi connectivity index (χ3n) is 4.96. The highest BCUT2D eigenvalue weighted by atomic mass is 16.2. The summed E-state index contributed by atoms with van der Waals surface area (Å²) in [5.74, 6) is 0.0522. The van der Waals surface area contributed by atoms with Crippen molar-refractivity contribution in [3.8, 4) is 0 Å². The highest BCUT2D eigenvalue weighted by Gasteiger charge is 2.30. The van der Waals surface area contributed by atoms with E-state index >= 15 is 0 Å². The molecule has 1 atom stereocenters. The Morgan fingerprint density at radius 3 is 2.67 bits per heavy atom. The van der Waals surface area contributed by atoms with E-state index in [-0.39, 0.29) is 18.2 Å². The van der Waals surface area contributed by atoms with Gasteiger partial charge in [0.2, 0.25) is 17.8 Å². The maximum Gasteiger partial charge on any atom is 0.249 e. The van der Waals surface area contributed by atoms with E-state index in [1.54, 1.807) is 0 Å². The van der Waals surface area contributed by atoms with Crippen molar-refractivity contribution in [2.75, 3.05) is 11.9 Å². The summed E-state index contributed by atoms with van der Waals surface area (Å²) in [6, 6.07) is 15.1. The Bertz CT molecular complexity index is 905. The van der Waals surface area contributed by atoms with Crippen LogP contribution in [0.15, 0.2) is 53.5 Å². The van der Waals surface area contributed by atoms with Crippen LogP contribution in [-0.2, 0) is 22.6 Å². The van der Waals surface area contributed by atoms with E-state index in [1.807, 2.05) is 48.2 Å². The molecule has 6 heteroatoms. The molecule has 2 amide bonds. The second-order valence-electron chi connectivity index (χ2n) is 7.02. The monoisotopic (exact) mass is 362 g/mol. The molecule has 2 N–H and O–H groups in total. The van der Waals surface area contributed by atoms with Gasteiger partial charge in [0.15, 0.2) is 0 Å². The molecule has 0 radical (unpaired) electrons. The predicted molar refractivity (Wildman–Crippen MR) is 104 cm³/mol. The first kappa shape index (κ1) is 17.3. The quantitative estimate of drug-likeness (QED) is 0.860. The van der Waals surface area contributed by atoms with Crippen LogP contribution in [0.2, 0.25) is 0 Å². The summed E-state index contributed by atoms with van der Waals surface area (Å²) in [5, 5.41) is 5.68. The van der Waals surface area contributed by atoms with Crippen molar-refractivity contribution in [2.45, 2.75) is 32.4 Å². The largest absolute Gasteiger partial charge is 0.338 e. The van der Waals surface area contributed by atoms with Gasteiger partial charge in [-0.25, -0.2) is 4.99 Å². The lowest BCUT2D eigenvalue weighted by Gasteiger charge is -2.33. The number of benzene rings is 2. The van der Waals surface area contributed by atoms with E-state index in [1.165, 1.54) is 11.1 Å². The SMILES string of the molecule is Cc1ccc(NC(=O)[C@H]2CC(=O)NC(N3CCc4ccccc4C3)=N2)cc1. The number of aliphatic imine (C=N–C) groups is 1. The number of anilines is 1. The van der Waals surface area contributed by atoms with Crippen molar-refractivity contribution < 1.29 is 9.59 Å². The van der Waals surface area contributed by atoms with Gasteiger partial charge in [-0.15, -0.1) is 0 Å². The molecule has 0 spiro atoms. The zero-order chi connectivity index (χ0) is 18.8.